The summed E-state index contributed by atoms with van der Waals surface area (Å²) in [5, 5.41) is 2.30. The molecule has 45 heavy (non-hydrogen) atoms. The van der Waals surface area contributed by atoms with Gasteiger partial charge in [-0.15, -0.1) is 0 Å². The van der Waals surface area contributed by atoms with Crippen LogP contribution in [-0.2, 0) is 4.79 Å². The number of amides is 1. The molecule has 6 rings (SSSR count). The predicted octanol–water partition coefficient (Wildman–Crippen LogP) is 6.44. The average molecular weight is 652 g/mol. The van der Waals surface area contributed by atoms with Crippen molar-refractivity contribution >= 4 is 56.6 Å². The number of carbonyl (C=O) groups is 1. The van der Waals surface area contributed by atoms with Gasteiger partial charge in [0.05, 0.1) is 10.5 Å². The number of rotatable bonds is 7. The lowest BCUT2D eigenvalue weighted by Crippen LogP contribution is -2.56. The van der Waals surface area contributed by atoms with Crippen molar-refractivity contribution in [3.63, 3.8) is 0 Å². The van der Waals surface area contributed by atoms with E-state index in [9.17, 15) is 13.6 Å². The van der Waals surface area contributed by atoms with Crippen molar-refractivity contribution in [1.29, 1.82) is 0 Å². The van der Waals surface area contributed by atoms with E-state index in [0.29, 0.717) is 70.9 Å². The molecule has 2 saturated heterocycles. The van der Waals surface area contributed by atoms with E-state index in [2.05, 4.69) is 11.4 Å². The number of hydrogen-bond donors (Lipinski definition) is 0. The molecule has 4 aromatic rings. The number of anilines is 1. The van der Waals surface area contributed by atoms with Gasteiger partial charge in [-0.25, -0.2) is 15.4 Å². The normalized spacial score (nSPS) is 20.5. The molecule has 0 unspecified atom stereocenters. The highest BCUT2D eigenvalue weighted by Gasteiger charge is 2.34. The summed E-state index contributed by atoms with van der Waals surface area (Å²) in [6.07, 6.45) is 0.688. The highest BCUT2D eigenvalue weighted by atomic mass is 35.5. The molecule has 3 aromatic carbocycles. The van der Waals surface area contributed by atoms with Crippen LogP contribution in [0.3, 0.4) is 0 Å². The third-order valence-corrected chi connectivity index (χ3v) is 9.24. The number of piperazine rings is 1. The topological polar surface area (TPSA) is 66.2 Å². The zero-order chi connectivity index (χ0) is 31.8. The van der Waals surface area contributed by atoms with Gasteiger partial charge in [-0.2, -0.15) is 9.97 Å². The number of likely N-dealkylation sites (tertiary alicyclic amines) is 1. The summed E-state index contributed by atoms with van der Waals surface area (Å²) < 4.78 is 34.7. The summed E-state index contributed by atoms with van der Waals surface area (Å²) >= 11 is 13.4. The van der Waals surface area contributed by atoms with E-state index in [1.54, 1.807) is 23.1 Å². The minimum Gasteiger partial charge on any atom is -0.462 e. The van der Waals surface area contributed by atoms with Gasteiger partial charge in [-0.1, -0.05) is 54.0 Å². The molecule has 0 radical (unpaired) electrons. The summed E-state index contributed by atoms with van der Waals surface area (Å²) in [4.78, 5) is 31.2. The molecule has 0 saturated carbocycles. The van der Waals surface area contributed by atoms with Crippen LogP contribution in [0.4, 0.5) is 14.6 Å². The Labute approximate surface area is 269 Å². The SMILES string of the molecule is [C-]#[N+]C[C@H]1CN(c2nc(OC[C@@H]3C[C@@H](F)CN3C)nc3cc(-c4cccc5ccc(F)c(Cl)c45)c(Cl)cc23)CCN1C(=O)C=C. The fourth-order valence-electron chi connectivity index (χ4n) is 6.25. The molecular weight excluding hydrogens is 621 g/mol. The van der Waals surface area contributed by atoms with Gasteiger partial charge in [0.25, 0.3) is 0 Å². The molecule has 2 aliphatic rings. The Balaban J connectivity index is 1.46. The predicted molar refractivity (Wildman–Crippen MR) is 173 cm³/mol. The number of likely N-dealkylation sites (N-methyl/N-ethyl adjacent to an activating group) is 1. The van der Waals surface area contributed by atoms with Crippen LogP contribution < -0.4 is 9.64 Å². The van der Waals surface area contributed by atoms with E-state index in [-0.39, 0.29) is 42.2 Å². The Bertz CT molecular complexity index is 1850. The van der Waals surface area contributed by atoms with Crippen LogP contribution in [0, 0.1) is 12.4 Å². The smallest absolute Gasteiger partial charge is 0.319 e. The number of benzene rings is 3. The largest absolute Gasteiger partial charge is 0.462 e. The Kier molecular flexibility index (Phi) is 8.78. The second-order valence-electron chi connectivity index (χ2n) is 11.4. The number of fused-ring (bicyclic) bond motifs is 2. The first kappa shape index (κ1) is 31.0. The number of carbonyl (C=O) groups excluding carboxylic acids is 1. The highest BCUT2D eigenvalue weighted by Crippen LogP contribution is 2.41. The summed E-state index contributed by atoms with van der Waals surface area (Å²) in [6.45, 7) is 12.9. The average Bonchev–Trinajstić information content (AvgIpc) is 3.36. The molecule has 2 aliphatic heterocycles. The molecule has 0 N–H and O–H groups in total. The monoisotopic (exact) mass is 650 g/mol. The first-order valence-corrected chi connectivity index (χ1v) is 15.3. The van der Waals surface area contributed by atoms with E-state index < -0.39 is 12.0 Å². The van der Waals surface area contributed by atoms with Crippen molar-refractivity contribution in [3.05, 3.63) is 82.4 Å². The van der Waals surface area contributed by atoms with Gasteiger partial charge in [0.15, 0.2) is 0 Å². The van der Waals surface area contributed by atoms with Crippen molar-refractivity contribution in [2.24, 2.45) is 0 Å². The number of aromatic nitrogens is 2. The van der Waals surface area contributed by atoms with Crippen molar-refractivity contribution < 1.29 is 18.3 Å². The minimum atomic E-state index is -0.923. The van der Waals surface area contributed by atoms with Gasteiger partial charge in [0.1, 0.15) is 30.5 Å². The molecule has 2 fully saturated rings. The zero-order valence-electron chi connectivity index (χ0n) is 24.5. The van der Waals surface area contributed by atoms with E-state index in [0.717, 1.165) is 5.39 Å². The molecule has 12 heteroatoms. The van der Waals surface area contributed by atoms with Crippen LogP contribution in [0.25, 0.3) is 37.6 Å². The first-order valence-electron chi connectivity index (χ1n) is 14.5. The maximum atomic E-state index is 14.6. The number of ether oxygens (including phenoxy) is 1. The molecular formula is C33H30Cl2F2N6O2. The van der Waals surface area contributed by atoms with Gasteiger partial charge in [0.2, 0.25) is 12.5 Å². The first-order chi connectivity index (χ1) is 21.7. The van der Waals surface area contributed by atoms with Gasteiger partial charge in [-0.05, 0) is 48.7 Å². The second kappa shape index (κ2) is 12.8. The molecule has 0 spiro atoms. The van der Waals surface area contributed by atoms with E-state index in [4.69, 9.17) is 44.5 Å². The summed E-state index contributed by atoms with van der Waals surface area (Å²) in [5.41, 5.74) is 1.76. The number of alkyl halides is 1. The Morgan fingerprint density at radius 2 is 1.98 bits per heavy atom. The van der Waals surface area contributed by atoms with Crippen molar-refractivity contribution in [2.75, 3.05) is 51.3 Å². The molecule has 0 aliphatic carbocycles. The summed E-state index contributed by atoms with van der Waals surface area (Å²) in [6, 6.07) is 11.7. The van der Waals surface area contributed by atoms with Gasteiger partial charge < -0.3 is 19.4 Å². The molecule has 3 heterocycles. The third kappa shape index (κ3) is 6.00. The lowest BCUT2D eigenvalue weighted by molar-refractivity contribution is -0.128. The van der Waals surface area contributed by atoms with Crippen LogP contribution in [0.2, 0.25) is 10.0 Å². The second-order valence-corrected chi connectivity index (χ2v) is 12.1. The maximum Gasteiger partial charge on any atom is 0.319 e. The van der Waals surface area contributed by atoms with Crippen LogP contribution in [0.15, 0.2) is 55.1 Å². The number of halogens is 4. The standard InChI is InChI=1S/C33H30Cl2F2N6O2/c1-4-29(44)43-11-10-42(17-22(43)15-38-2)32-25-13-26(34)24(23-7-5-6-19-8-9-27(37)31(35)30(19)23)14-28(25)39-33(40-32)45-18-21-12-20(36)16-41(21)3/h4-9,13-14,20-22H,1,10-12,15-18H2,3H3/t20-,21+,22+/m1/s1. The van der Waals surface area contributed by atoms with Crippen molar-refractivity contribution in [2.45, 2.75) is 24.7 Å². The van der Waals surface area contributed by atoms with Crippen LogP contribution in [0.1, 0.15) is 6.42 Å². The Morgan fingerprint density at radius 1 is 1.16 bits per heavy atom. The number of hydrogen-bond acceptors (Lipinski definition) is 6. The van der Waals surface area contributed by atoms with E-state index >= 15 is 0 Å². The van der Waals surface area contributed by atoms with E-state index in [1.165, 1.54) is 12.1 Å². The highest BCUT2D eigenvalue weighted by molar-refractivity contribution is 6.38. The fourth-order valence-corrected chi connectivity index (χ4v) is 6.79. The Morgan fingerprint density at radius 3 is 2.71 bits per heavy atom. The van der Waals surface area contributed by atoms with Gasteiger partial charge in [-0.3, -0.25) is 9.69 Å². The molecule has 1 amide bonds. The van der Waals surface area contributed by atoms with Crippen LogP contribution in [0.5, 0.6) is 6.01 Å². The molecule has 1 aromatic heterocycles. The maximum absolute atomic E-state index is 14.6. The van der Waals surface area contributed by atoms with Gasteiger partial charge >= 0.3 is 6.01 Å². The number of nitrogens with zero attached hydrogens (tertiary/aromatic N) is 6. The minimum absolute atomic E-state index is 0.00342. The molecule has 232 valence electrons. The van der Waals surface area contributed by atoms with Crippen LogP contribution in [-0.4, -0.2) is 90.3 Å². The fraction of sp³-hybridized carbons (Fsp3) is 0.333. The van der Waals surface area contributed by atoms with Gasteiger partial charge in [0, 0.05) is 53.6 Å². The molecule has 3 atom stereocenters. The quantitative estimate of drug-likeness (QED) is 0.169. The summed E-state index contributed by atoms with van der Waals surface area (Å²) in [7, 11) is 1.86. The third-order valence-electron chi connectivity index (χ3n) is 8.55. The lowest BCUT2D eigenvalue weighted by atomic mass is 9.97. The molecule has 8 nitrogen and oxygen atoms in total. The Hall–Kier alpha value is -4.04. The van der Waals surface area contributed by atoms with Crippen molar-refractivity contribution in [3.8, 4) is 17.1 Å². The molecule has 0 bridgehead atoms. The van der Waals surface area contributed by atoms with Crippen LogP contribution >= 0.6 is 23.2 Å². The lowest BCUT2D eigenvalue weighted by Gasteiger charge is -2.39. The van der Waals surface area contributed by atoms with Crippen molar-refractivity contribution in [1.82, 2.24) is 19.8 Å². The zero-order valence-corrected chi connectivity index (χ0v) is 26.0. The van der Waals surface area contributed by atoms with E-state index in [1.807, 2.05) is 35.0 Å². The summed E-state index contributed by atoms with van der Waals surface area (Å²) in [5.74, 6) is -0.233.